The van der Waals surface area contributed by atoms with Gasteiger partial charge in [0, 0.05) is 0 Å². The Morgan fingerprint density at radius 2 is 1.00 bits per heavy atom. The van der Waals surface area contributed by atoms with Gasteiger partial charge in [0.1, 0.15) is 0 Å². The Labute approximate surface area is 318 Å². The zero-order valence-corrected chi connectivity index (χ0v) is 34.9. The molecule has 0 amide bonds. The first kappa shape index (κ1) is 36.4. The molecule has 0 atom stereocenters. The van der Waals surface area contributed by atoms with E-state index >= 15 is 0 Å². The van der Waals surface area contributed by atoms with Crippen LogP contribution in [0.15, 0.2) is 143 Å². The van der Waals surface area contributed by atoms with Crippen LogP contribution in [0.4, 0.5) is 0 Å². The molecule has 0 fully saturated rings. The second-order valence-electron chi connectivity index (χ2n) is 15.8. The van der Waals surface area contributed by atoms with E-state index in [1.54, 1.807) is 6.58 Å². The first-order chi connectivity index (χ1) is 23.1. The average molecular weight is 858 g/mol. The van der Waals surface area contributed by atoms with Gasteiger partial charge in [0.15, 0.2) is 0 Å². The smallest absolute Gasteiger partial charge is 1.00 e. The van der Waals surface area contributed by atoms with Gasteiger partial charge in [-0.1, -0.05) is 0 Å². The Kier molecular flexibility index (Phi) is 10.2. The molecule has 6 aromatic rings. The molecule has 3 heteroatoms. The molecule has 50 heavy (non-hydrogen) atoms. The molecule has 6 aromatic carbocycles. The van der Waals surface area contributed by atoms with Crippen LogP contribution in [0.25, 0.3) is 32.7 Å². The summed E-state index contributed by atoms with van der Waals surface area (Å²) < 4.78 is 3.72. The summed E-state index contributed by atoms with van der Waals surface area (Å²) in [6.07, 6.45) is 8.27. The van der Waals surface area contributed by atoms with Crippen molar-refractivity contribution in [1.29, 1.82) is 0 Å². The largest absolute Gasteiger partial charge is 1.00 e. The summed E-state index contributed by atoms with van der Waals surface area (Å²) in [6, 6.07) is 47.1. The average Bonchev–Trinajstić information content (AvgIpc) is 3.72. The van der Waals surface area contributed by atoms with Gasteiger partial charge < -0.3 is 24.8 Å². The summed E-state index contributed by atoms with van der Waals surface area (Å²) in [4.78, 5) is 0. The van der Waals surface area contributed by atoms with Gasteiger partial charge in [-0.2, -0.15) is 0 Å². The molecule has 0 aromatic heterocycles. The van der Waals surface area contributed by atoms with Crippen molar-refractivity contribution in [3.8, 4) is 11.1 Å². The number of hydrogen-bond acceptors (Lipinski definition) is 0. The predicted octanol–water partition coefficient (Wildman–Crippen LogP) is 6.40. The van der Waals surface area contributed by atoms with Gasteiger partial charge in [-0.25, -0.2) is 0 Å². The molecule has 0 saturated carbocycles. The van der Waals surface area contributed by atoms with Gasteiger partial charge in [0.25, 0.3) is 0 Å². The minimum absolute atomic E-state index is 0. The third kappa shape index (κ3) is 6.58. The maximum absolute atomic E-state index is 3.06. The van der Waals surface area contributed by atoms with Crippen molar-refractivity contribution in [1.82, 2.24) is 0 Å². The number of fused-ring (bicyclic) bond motifs is 5. The standard InChI is InChI=1S/C21H14.C21H25.C5H5.2ClH.Hf/c1-3-7-20-14-16(9-11-18(20)5-1)13-17-10-12-19-6-2-4-8-21(19)15-17;1-20(2,3)16-9-7-14-11-15-8-10-17(21(4,5)6)13-19(15)18(14)12-16;1-2-4-5-3-1;;;/h1-12,14-15H;7-13H,1-6H3;1-3H,4H2;2*1H;/q;;;;;+2/p-2. The second kappa shape index (κ2) is 14.0. The Balaban J connectivity index is 0.00000216. The Bertz CT molecular complexity index is 2200. The first-order valence-corrected chi connectivity index (χ1v) is 23.1. The molecular weight excluding hydrogens is 814 g/mol. The van der Waals surface area contributed by atoms with Crippen LogP contribution in [0.5, 0.6) is 0 Å². The third-order valence-electron chi connectivity index (χ3n) is 10.5. The van der Waals surface area contributed by atoms with Gasteiger partial charge in [0.2, 0.25) is 0 Å². The monoisotopic (exact) mass is 858 g/mol. The minimum Gasteiger partial charge on any atom is -1.00 e. The molecule has 2 aliphatic carbocycles. The van der Waals surface area contributed by atoms with E-state index in [9.17, 15) is 0 Å². The van der Waals surface area contributed by atoms with E-state index in [1.165, 1.54) is 66.1 Å². The quantitative estimate of drug-likeness (QED) is 0.181. The molecule has 0 bridgehead atoms. The van der Waals surface area contributed by atoms with Crippen LogP contribution in [-0.4, -0.2) is 3.26 Å². The second-order valence-corrected chi connectivity index (χ2v) is 24.9. The molecule has 0 nitrogen and oxygen atoms in total. The van der Waals surface area contributed by atoms with E-state index in [4.69, 9.17) is 0 Å². The molecular formula is C47H44Cl2Hf. The summed E-state index contributed by atoms with van der Waals surface area (Å²) in [5.74, 6) is 0. The topological polar surface area (TPSA) is 0 Å². The number of allylic oxidation sites excluding steroid dienone is 4. The van der Waals surface area contributed by atoms with Crippen LogP contribution in [0.3, 0.4) is 0 Å². The van der Waals surface area contributed by atoms with Crippen LogP contribution >= 0.6 is 0 Å². The molecule has 0 spiro atoms. The van der Waals surface area contributed by atoms with Crippen molar-refractivity contribution in [2.45, 2.75) is 62.5 Å². The fourth-order valence-corrected chi connectivity index (χ4v) is 20.9. The van der Waals surface area contributed by atoms with Crippen LogP contribution < -0.4 is 24.8 Å². The Hall–Kier alpha value is -3.36. The predicted molar refractivity (Wildman–Crippen MR) is 204 cm³/mol. The molecule has 0 aliphatic heterocycles. The number of benzene rings is 6. The van der Waals surface area contributed by atoms with E-state index < -0.39 is 21.0 Å². The molecule has 0 saturated heterocycles. The maximum Gasteiger partial charge on any atom is -1.00 e. The van der Waals surface area contributed by atoms with E-state index in [0.717, 1.165) is 6.42 Å². The Morgan fingerprint density at radius 3 is 1.42 bits per heavy atom. The van der Waals surface area contributed by atoms with E-state index in [0.29, 0.717) is 3.67 Å². The van der Waals surface area contributed by atoms with Crippen molar-refractivity contribution in [3.05, 3.63) is 176 Å². The van der Waals surface area contributed by atoms with Crippen LogP contribution in [0.2, 0.25) is 0 Å². The van der Waals surface area contributed by atoms with Gasteiger partial charge in [0.05, 0.1) is 0 Å². The van der Waals surface area contributed by atoms with Crippen LogP contribution in [0.1, 0.15) is 85.0 Å². The van der Waals surface area contributed by atoms with Crippen molar-refractivity contribution < 1.29 is 45.8 Å². The molecule has 0 radical (unpaired) electrons. The number of hydrogen-bond donors (Lipinski definition) is 0. The van der Waals surface area contributed by atoms with Crippen molar-refractivity contribution in [2.75, 3.05) is 0 Å². The van der Waals surface area contributed by atoms with E-state index in [-0.39, 0.29) is 35.6 Å². The minimum atomic E-state index is -3.06. The molecule has 2 aliphatic rings. The molecule has 0 heterocycles. The molecule has 8 rings (SSSR count). The van der Waals surface area contributed by atoms with Crippen molar-refractivity contribution in [3.63, 3.8) is 0 Å². The summed E-state index contributed by atoms with van der Waals surface area (Å²) >= 11 is -3.06. The number of rotatable bonds is 4. The fraction of sp³-hybridized carbons (Fsp3) is 0.213. The Morgan fingerprint density at radius 1 is 0.540 bits per heavy atom. The molecule has 0 unspecified atom stereocenters. The normalized spacial score (nSPS) is 13.6. The maximum atomic E-state index is 2.54. The summed E-state index contributed by atoms with van der Waals surface area (Å²) in [6.45, 7) is 14.1. The van der Waals surface area contributed by atoms with Crippen LogP contribution in [-0.2, 0) is 31.8 Å². The zero-order chi connectivity index (χ0) is 33.2. The van der Waals surface area contributed by atoms with E-state index in [1.807, 2.05) is 0 Å². The van der Waals surface area contributed by atoms with Gasteiger partial charge in [-0.05, 0) is 0 Å². The van der Waals surface area contributed by atoms with Gasteiger partial charge in [-0.3, -0.25) is 0 Å². The summed E-state index contributed by atoms with van der Waals surface area (Å²) in [5, 5.41) is 5.23. The summed E-state index contributed by atoms with van der Waals surface area (Å²) in [7, 11) is 0. The molecule has 250 valence electrons. The fourth-order valence-electron chi connectivity index (χ4n) is 7.80. The molecule has 0 N–H and O–H groups in total. The number of halogens is 2. The van der Waals surface area contributed by atoms with Crippen molar-refractivity contribution in [2.24, 2.45) is 0 Å². The van der Waals surface area contributed by atoms with Gasteiger partial charge >= 0.3 is 296 Å². The zero-order valence-electron chi connectivity index (χ0n) is 29.8. The van der Waals surface area contributed by atoms with Crippen LogP contribution in [0, 0.1) is 0 Å². The summed E-state index contributed by atoms with van der Waals surface area (Å²) in [5.41, 5.74) is 11.8. The van der Waals surface area contributed by atoms with Crippen molar-refractivity contribution >= 4 is 24.8 Å². The van der Waals surface area contributed by atoms with Gasteiger partial charge in [-0.15, -0.1) is 0 Å². The first-order valence-electron chi connectivity index (χ1n) is 17.4. The van der Waals surface area contributed by atoms with E-state index in [2.05, 4.69) is 181 Å². The SMILES string of the molecule is CC(C)(C)c1ccc2c(c1)-c1cc(C(C)(C)C)ccc1[CH]2[Hf+2]([C]1=CC=CC1)=[C](c1ccc2ccccc2c1)c1ccc2ccccc2c1.[Cl-].[Cl-]. The third-order valence-corrected chi connectivity index (χ3v) is 22.6.